The molecule has 0 aliphatic heterocycles. The highest BCUT2D eigenvalue weighted by molar-refractivity contribution is 5.90. The summed E-state index contributed by atoms with van der Waals surface area (Å²) in [4.78, 5) is 21.2. The number of fused-ring (bicyclic) bond motifs is 1. The fraction of sp³-hybridized carbons (Fsp3) is 0.238. The lowest BCUT2D eigenvalue weighted by atomic mass is 10.1. The van der Waals surface area contributed by atoms with Crippen molar-refractivity contribution in [1.82, 2.24) is 9.97 Å². The molecular weight excluding hydrogens is 340 g/mol. The van der Waals surface area contributed by atoms with Crippen LogP contribution in [0.5, 0.6) is 0 Å². The number of hydrogen-bond acceptors (Lipinski definition) is 6. The molecule has 2 heterocycles. The van der Waals surface area contributed by atoms with Crippen LogP contribution in [0.25, 0.3) is 10.9 Å². The minimum atomic E-state index is -0.336. The monoisotopic (exact) mass is 358 g/mol. The van der Waals surface area contributed by atoms with Gasteiger partial charge in [-0.05, 0) is 55.3 Å². The molecular formula is C21H18N4O2. The molecule has 0 atom stereocenters. The van der Waals surface area contributed by atoms with Gasteiger partial charge in [0, 0.05) is 11.3 Å². The molecule has 2 aromatic heterocycles. The summed E-state index contributed by atoms with van der Waals surface area (Å²) in [6.45, 7) is 0.510. The van der Waals surface area contributed by atoms with Crippen molar-refractivity contribution in [2.24, 2.45) is 0 Å². The van der Waals surface area contributed by atoms with Crippen molar-refractivity contribution in [1.29, 1.82) is 5.26 Å². The third kappa shape index (κ3) is 3.58. The molecule has 1 fully saturated rings. The second-order valence-electron chi connectivity index (χ2n) is 6.57. The molecule has 0 unspecified atom stereocenters. The molecule has 134 valence electrons. The van der Waals surface area contributed by atoms with Crippen LogP contribution in [0, 0.1) is 11.3 Å². The maximum Gasteiger partial charge on any atom is 0.339 e. The lowest BCUT2D eigenvalue weighted by molar-refractivity contribution is 0.0598. The molecule has 0 saturated heterocycles. The van der Waals surface area contributed by atoms with Gasteiger partial charge in [-0.1, -0.05) is 0 Å². The number of hydrogen-bond donors (Lipinski definition) is 1. The van der Waals surface area contributed by atoms with Crippen molar-refractivity contribution >= 4 is 22.7 Å². The number of carbonyl (C=O) groups is 1. The van der Waals surface area contributed by atoms with Crippen LogP contribution >= 0.6 is 0 Å². The largest absolute Gasteiger partial charge is 0.465 e. The molecule has 0 amide bonds. The molecule has 0 bridgehead atoms. The van der Waals surface area contributed by atoms with E-state index in [0.29, 0.717) is 23.6 Å². The van der Waals surface area contributed by atoms with Crippen LogP contribution in [0.4, 0.5) is 5.82 Å². The van der Waals surface area contributed by atoms with Gasteiger partial charge in [0.25, 0.3) is 0 Å². The summed E-state index contributed by atoms with van der Waals surface area (Å²) >= 11 is 0. The molecule has 1 saturated carbocycles. The SMILES string of the molecule is COC(=O)c1ccc(CNc2ccc3cc(C#N)ccc3n2)nc1C1CC1. The molecule has 1 aliphatic carbocycles. The van der Waals surface area contributed by atoms with E-state index < -0.39 is 0 Å². The summed E-state index contributed by atoms with van der Waals surface area (Å²) in [6.07, 6.45) is 2.12. The lowest BCUT2D eigenvalue weighted by Gasteiger charge is -2.10. The van der Waals surface area contributed by atoms with Gasteiger partial charge < -0.3 is 10.1 Å². The fourth-order valence-corrected chi connectivity index (χ4v) is 3.04. The second kappa shape index (κ2) is 7.04. The van der Waals surface area contributed by atoms with E-state index in [9.17, 15) is 4.79 Å². The number of nitrogens with zero attached hydrogens (tertiary/aromatic N) is 3. The highest BCUT2D eigenvalue weighted by Gasteiger charge is 2.30. The van der Waals surface area contributed by atoms with E-state index in [1.165, 1.54) is 7.11 Å². The number of esters is 1. The topological polar surface area (TPSA) is 87.9 Å². The number of methoxy groups -OCH3 is 1. The third-order valence-electron chi connectivity index (χ3n) is 4.62. The number of rotatable bonds is 5. The Morgan fingerprint density at radius 1 is 1.22 bits per heavy atom. The van der Waals surface area contributed by atoms with Gasteiger partial charge in [0.2, 0.25) is 0 Å². The predicted octanol–water partition coefficient (Wildman–Crippen LogP) is 3.78. The van der Waals surface area contributed by atoms with E-state index in [1.54, 1.807) is 12.1 Å². The number of aromatic nitrogens is 2. The first-order valence-electron chi connectivity index (χ1n) is 8.81. The minimum absolute atomic E-state index is 0.336. The van der Waals surface area contributed by atoms with E-state index in [1.807, 2.05) is 30.3 Å². The Hall–Kier alpha value is -3.46. The molecule has 0 radical (unpaired) electrons. The number of carbonyl (C=O) groups excluding carboxylic acids is 1. The van der Waals surface area contributed by atoms with Gasteiger partial charge in [0.15, 0.2) is 0 Å². The highest BCUT2D eigenvalue weighted by atomic mass is 16.5. The van der Waals surface area contributed by atoms with Crippen molar-refractivity contribution in [3.05, 3.63) is 65.0 Å². The molecule has 0 spiro atoms. The van der Waals surface area contributed by atoms with Crippen LogP contribution in [0.2, 0.25) is 0 Å². The van der Waals surface area contributed by atoms with Gasteiger partial charge in [0.1, 0.15) is 5.82 Å². The Morgan fingerprint density at radius 3 is 2.81 bits per heavy atom. The zero-order valence-electron chi connectivity index (χ0n) is 14.9. The van der Waals surface area contributed by atoms with Crippen LogP contribution in [0.3, 0.4) is 0 Å². The van der Waals surface area contributed by atoms with Gasteiger partial charge >= 0.3 is 5.97 Å². The van der Waals surface area contributed by atoms with Gasteiger partial charge in [-0.25, -0.2) is 9.78 Å². The van der Waals surface area contributed by atoms with Gasteiger partial charge in [-0.2, -0.15) is 5.26 Å². The van der Waals surface area contributed by atoms with E-state index in [4.69, 9.17) is 10.00 Å². The minimum Gasteiger partial charge on any atom is -0.465 e. The summed E-state index contributed by atoms with van der Waals surface area (Å²) in [6, 6.07) is 15.0. The summed E-state index contributed by atoms with van der Waals surface area (Å²) in [5.41, 5.74) is 3.68. The third-order valence-corrected chi connectivity index (χ3v) is 4.62. The van der Waals surface area contributed by atoms with E-state index in [-0.39, 0.29) is 5.97 Å². The first-order chi connectivity index (χ1) is 13.2. The van der Waals surface area contributed by atoms with Crippen LogP contribution < -0.4 is 5.32 Å². The van der Waals surface area contributed by atoms with Gasteiger partial charge in [0.05, 0.1) is 47.8 Å². The lowest BCUT2D eigenvalue weighted by Crippen LogP contribution is -2.10. The van der Waals surface area contributed by atoms with Gasteiger partial charge in [-0.15, -0.1) is 0 Å². The van der Waals surface area contributed by atoms with E-state index in [0.717, 1.165) is 41.0 Å². The number of benzene rings is 1. The Balaban J connectivity index is 1.53. The molecule has 4 rings (SSSR count). The predicted molar refractivity (Wildman–Crippen MR) is 101 cm³/mol. The zero-order chi connectivity index (χ0) is 18.8. The van der Waals surface area contributed by atoms with Crippen molar-refractivity contribution in [3.63, 3.8) is 0 Å². The Kier molecular flexibility index (Phi) is 4.43. The summed E-state index contributed by atoms with van der Waals surface area (Å²) in [5.74, 6) is 0.753. The van der Waals surface area contributed by atoms with Crippen molar-refractivity contribution in [3.8, 4) is 6.07 Å². The highest BCUT2D eigenvalue weighted by Crippen LogP contribution is 2.40. The number of ether oxygens (including phenoxy) is 1. The normalized spacial score (nSPS) is 13.2. The van der Waals surface area contributed by atoms with Crippen molar-refractivity contribution < 1.29 is 9.53 Å². The zero-order valence-corrected chi connectivity index (χ0v) is 14.9. The van der Waals surface area contributed by atoms with Crippen molar-refractivity contribution in [2.75, 3.05) is 12.4 Å². The smallest absolute Gasteiger partial charge is 0.339 e. The van der Waals surface area contributed by atoms with Crippen LogP contribution in [0.1, 0.15) is 46.1 Å². The number of pyridine rings is 2. The Bertz CT molecular complexity index is 1070. The maximum atomic E-state index is 11.9. The van der Waals surface area contributed by atoms with E-state index in [2.05, 4.69) is 21.4 Å². The Morgan fingerprint density at radius 2 is 2.07 bits per heavy atom. The molecule has 6 heteroatoms. The average Bonchev–Trinajstić information content (AvgIpc) is 3.56. The first kappa shape index (κ1) is 17.0. The first-order valence-corrected chi connectivity index (χ1v) is 8.81. The number of anilines is 1. The van der Waals surface area contributed by atoms with Crippen LogP contribution in [-0.4, -0.2) is 23.0 Å². The number of nitrogens with one attached hydrogen (secondary N) is 1. The van der Waals surface area contributed by atoms with Crippen molar-refractivity contribution in [2.45, 2.75) is 25.3 Å². The molecule has 6 nitrogen and oxygen atoms in total. The molecule has 27 heavy (non-hydrogen) atoms. The molecule has 1 N–H and O–H groups in total. The van der Waals surface area contributed by atoms with Gasteiger partial charge in [-0.3, -0.25) is 4.98 Å². The fourth-order valence-electron chi connectivity index (χ4n) is 3.04. The van der Waals surface area contributed by atoms with Crippen LogP contribution in [-0.2, 0) is 11.3 Å². The number of nitriles is 1. The summed E-state index contributed by atoms with van der Waals surface area (Å²) < 4.78 is 4.86. The second-order valence-corrected chi connectivity index (χ2v) is 6.57. The standard InChI is InChI=1S/C21H18N4O2/c1-27-21(26)17-7-6-16(24-20(17)14-3-4-14)12-23-19-9-5-15-10-13(11-22)2-8-18(15)25-19/h2,5-10,14H,3-4,12H2,1H3,(H,23,25). The maximum absolute atomic E-state index is 11.9. The summed E-state index contributed by atoms with van der Waals surface area (Å²) in [7, 11) is 1.39. The molecule has 1 aliphatic rings. The quantitative estimate of drug-likeness (QED) is 0.698. The average molecular weight is 358 g/mol. The summed E-state index contributed by atoms with van der Waals surface area (Å²) in [5, 5.41) is 13.2. The Labute approximate surface area is 156 Å². The molecule has 3 aromatic rings. The molecule has 1 aromatic carbocycles. The van der Waals surface area contributed by atoms with Crippen LogP contribution in [0.15, 0.2) is 42.5 Å². The van der Waals surface area contributed by atoms with E-state index >= 15 is 0 Å².